The molecule has 0 radical (unpaired) electrons. The fourth-order valence-electron chi connectivity index (χ4n) is 2.51. The number of aromatic nitrogens is 2. The average Bonchev–Trinajstić information content (AvgIpc) is 3.06. The number of hydrogen-bond acceptors (Lipinski definition) is 4. The highest BCUT2D eigenvalue weighted by atomic mass is 16.5. The summed E-state index contributed by atoms with van der Waals surface area (Å²) in [6.07, 6.45) is 4.17. The molecule has 1 atom stereocenters. The molecule has 1 heterocycles. The molecule has 0 aliphatic heterocycles. The van der Waals surface area contributed by atoms with E-state index in [-0.39, 0.29) is 18.5 Å². The Morgan fingerprint density at radius 1 is 1.31 bits per heavy atom. The topological polar surface area (TPSA) is 105 Å². The van der Waals surface area contributed by atoms with E-state index in [2.05, 4.69) is 15.7 Å². The number of carbonyl (C=O) groups is 2. The van der Waals surface area contributed by atoms with Gasteiger partial charge in [0, 0.05) is 25.8 Å². The third-order valence-electron chi connectivity index (χ3n) is 3.78. The first-order chi connectivity index (χ1) is 12.6. The van der Waals surface area contributed by atoms with Crippen molar-refractivity contribution in [2.45, 2.75) is 31.8 Å². The summed E-state index contributed by atoms with van der Waals surface area (Å²) in [5, 5.41) is 18.6. The molecule has 1 unspecified atom stereocenters. The summed E-state index contributed by atoms with van der Waals surface area (Å²) >= 11 is 0. The molecule has 2 amide bonds. The van der Waals surface area contributed by atoms with Crippen molar-refractivity contribution in [1.82, 2.24) is 15.1 Å². The quantitative estimate of drug-likeness (QED) is 0.602. The number of urea groups is 1. The van der Waals surface area contributed by atoms with E-state index in [1.54, 1.807) is 24.2 Å². The number of ether oxygens (including phenoxy) is 1. The Morgan fingerprint density at radius 2 is 2.08 bits per heavy atom. The number of rotatable bonds is 10. The average molecular weight is 360 g/mol. The van der Waals surface area contributed by atoms with Gasteiger partial charge in [0.2, 0.25) is 0 Å². The Labute approximate surface area is 152 Å². The highest BCUT2D eigenvalue weighted by molar-refractivity contribution is 5.89. The number of nitrogens with one attached hydrogen (secondary N) is 2. The van der Waals surface area contributed by atoms with Crippen LogP contribution in [0.2, 0.25) is 0 Å². The Morgan fingerprint density at radius 3 is 2.77 bits per heavy atom. The minimum Gasteiger partial charge on any atom is -0.481 e. The Hall–Kier alpha value is -2.87. The summed E-state index contributed by atoms with van der Waals surface area (Å²) in [5.41, 5.74) is 1.60. The van der Waals surface area contributed by atoms with Gasteiger partial charge in [-0.2, -0.15) is 5.10 Å². The van der Waals surface area contributed by atoms with Crippen LogP contribution in [-0.4, -0.2) is 46.6 Å². The van der Waals surface area contributed by atoms with Gasteiger partial charge in [0.25, 0.3) is 0 Å². The molecule has 3 N–H and O–H groups in total. The second-order valence-electron chi connectivity index (χ2n) is 5.90. The van der Waals surface area contributed by atoms with Crippen molar-refractivity contribution in [3.8, 4) is 0 Å². The van der Waals surface area contributed by atoms with Gasteiger partial charge in [-0.1, -0.05) is 30.3 Å². The number of benzene rings is 1. The third kappa shape index (κ3) is 6.94. The predicted molar refractivity (Wildman–Crippen MR) is 97.1 cm³/mol. The monoisotopic (exact) mass is 360 g/mol. The van der Waals surface area contributed by atoms with Crippen LogP contribution in [0.3, 0.4) is 0 Å². The van der Waals surface area contributed by atoms with Gasteiger partial charge in [0.05, 0.1) is 25.0 Å². The van der Waals surface area contributed by atoms with Gasteiger partial charge < -0.3 is 20.5 Å². The largest absolute Gasteiger partial charge is 0.481 e. The summed E-state index contributed by atoms with van der Waals surface area (Å²) in [6, 6.07) is 8.98. The van der Waals surface area contributed by atoms with Crippen molar-refractivity contribution in [2.24, 2.45) is 0 Å². The summed E-state index contributed by atoms with van der Waals surface area (Å²) in [7, 11) is 1.61. The first kappa shape index (κ1) is 19.5. The Kier molecular flexibility index (Phi) is 7.63. The maximum absolute atomic E-state index is 12.2. The molecule has 8 heteroatoms. The number of anilines is 1. The Bertz CT molecular complexity index is 702. The van der Waals surface area contributed by atoms with Gasteiger partial charge in [-0.05, 0) is 18.4 Å². The highest BCUT2D eigenvalue weighted by Gasteiger charge is 2.15. The molecule has 1 aromatic carbocycles. The zero-order valence-corrected chi connectivity index (χ0v) is 14.7. The second kappa shape index (κ2) is 10.2. The fraction of sp³-hybridized carbons (Fsp3) is 0.389. The lowest BCUT2D eigenvalue weighted by Gasteiger charge is -2.18. The molecular formula is C18H24N4O4. The van der Waals surface area contributed by atoms with Gasteiger partial charge in [0.15, 0.2) is 0 Å². The van der Waals surface area contributed by atoms with Crippen LogP contribution in [0.25, 0.3) is 0 Å². The molecule has 2 aromatic rings. The van der Waals surface area contributed by atoms with Crippen molar-refractivity contribution >= 4 is 17.7 Å². The number of aliphatic carboxylic acids is 1. The molecule has 0 saturated carbocycles. The molecule has 0 aliphatic carbocycles. The van der Waals surface area contributed by atoms with E-state index in [0.717, 1.165) is 5.56 Å². The van der Waals surface area contributed by atoms with Crippen molar-refractivity contribution < 1.29 is 19.4 Å². The number of hydrogen-bond donors (Lipinski definition) is 3. The van der Waals surface area contributed by atoms with Crippen molar-refractivity contribution in [3.05, 3.63) is 48.3 Å². The van der Waals surface area contributed by atoms with Crippen LogP contribution < -0.4 is 10.6 Å². The standard InChI is InChI=1S/C18H24N4O4/c1-26-10-9-22-13-16(12-19-22)21-18(25)20-15(7-8-17(23)24)11-14-5-3-2-4-6-14/h2-6,12-13,15H,7-11H2,1H3,(H,23,24)(H2,20,21,25). The Balaban J connectivity index is 1.91. The summed E-state index contributed by atoms with van der Waals surface area (Å²) in [6.45, 7) is 1.12. The molecule has 26 heavy (non-hydrogen) atoms. The zero-order chi connectivity index (χ0) is 18.8. The first-order valence-corrected chi connectivity index (χ1v) is 8.41. The van der Waals surface area contributed by atoms with Crippen LogP contribution in [0.5, 0.6) is 0 Å². The summed E-state index contributed by atoms with van der Waals surface area (Å²) < 4.78 is 6.65. The summed E-state index contributed by atoms with van der Waals surface area (Å²) in [4.78, 5) is 23.1. The second-order valence-corrected chi connectivity index (χ2v) is 5.90. The van der Waals surface area contributed by atoms with Crippen molar-refractivity contribution in [1.29, 1.82) is 0 Å². The lowest BCUT2D eigenvalue weighted by Crippen LogP contribution is -2.39. The van der Waals surface area contributed by atoms with Crippen LogP contribution >= 0.6 is 0 Å². The minimum absolute atomic E-state index is 0.00721. The SMILES string of the molecule is COCCn1cc(NC(=O)NC(CCC(=O)O)Cc2ccccc2)cn1. The molecule has 8 nitrogen and oxygen atoms in total. The molecule has 0 aliphatic rings. The lowest BCUT2D eigenvalue weighted by molar-refractivity contribution is -0.137. The molecule has 0 spiro atoms. The summed E-state index contributed by atoms with van der Waals surface area (Å²) in [5.74, 6) is -0.885. The molecule has 0 saturated heterocycles. The zero-order valence-electron chi connectivity index (χ0n) is 14.7. The predicted octanol–water partition coefficient (Wildman–Crippen LogP) is 2.13. The van der Waals surface area contributed by atoms with Crippen LogP contribution in [0.1, 0.15) is 18.4 Å². The minimum atomic E-state index is -0.885. The molecule has 0 bridgehead atoms. The normalized spacial score (nSPS) is 11.7. The van der Waals surface area contributed by atoms with Gasteiger partial charge in [-0.25, -0.2) is 4.79 Å². The number of methoxy groups -OCH3 is 1. The number of carboxylic acid groups (broad SMARTS) is 1. The van der Waals surface area contributed by atoms with Crippen LogP contribution in [0, 0.1) is 0 Å². The van der Waals surface area contributed by atoms with Gasteiger partial charge >= 0.3 is 12.0 Å². The van der Waals surface area contributed by atoms with E-state index < -0.39 is 5.97 Å². The molecular weight excluding hydrogens is 336 g/mol. The van der Waals surface area contributed by atoms with Crippen LogP contribution in [-0.2, 0) is 22.5 Å². The van der Waals surface area contributed by atoms with Crippen LogP contribution in [0.4, 0.5) is 10.5 Å². The van der Waals surface area contributed by atoms with E-state index in [1.165, 1.54) is 0 Å². The molecule has 2 rings (SSSR count). The maximum Gasteiger partial charge on any atom is 0.319 e. The van der Waals surface area contributed by atoms with Gasteiger partial charge in [-0.15, -0.1) is 0 Å². The van der Waals surface area contributed by atoms with Crippen molar-refractivity contribution in [3.63, 3.8) is 0 Å². The van der Waals surface area contributed by atoms with E-state index in [9.17, 15) is 9.59 Å². The molecule has 0 fully saturated rings. The third-order valence-corrected chi connectivity index (χ3v) is 3.78. The van der Waals surface area contributed by atoms with E-state index in [0.29, 0.717) is 31.7 Å². The molecule has 140 valence electrons. The van der Waals surface area contributed by atoms with Gasteiger partial charge in [-0.3, -0.25) is 9.48 Å². The lowest BCUT2D eigenvalue weighted by atomic mass is 10.0. The van der Waals surface area contributed by atoms with Crippen molar-refractivity contribution in [2.75, 3.05) is 19.0 Å². The molecule has 1 aromatic heterocycles. The van der Waals surface area contributed by atoms with Gasteiger partial charge in [0.1, 0.15) is 0 Å². The number of carbonyl (C=O) groups excluding carboxylic acids is 1. The smallest absolute Gasteiger partial charge is 0.319 e. The van der Waals surface area contributed by atoms with Crippen LogP contribution in [0.15, 0.2) is 42.7 Å². The van der Waals surface area contributed by atoms with E-state index >= 15 is 0 Å². The number of amides is 2. The number of nitrogens with zero attached hydrogens (tertiary/aromatic N) is 2. The van der Waals surface area contributed by atoms with E-state index in [1.807, 2.05) is 30.3 Å². The number of carboxylic acids is 1. The van der Waals surface area contributed by atoms with E-state index in [4.69, 9.17) is 9.84 Å². The maximum atomic E-state index is 12.2. The highest BCUT2D eigenvalue weighted by Crippen LogP contribution is 2.09. The fourth-order valence-corrected chi connectivity index (χ4v) is 2.51. The first-order valence-electron chi connectivity index (χ1n) is 8.41.